The van der Waals surface area contributed by atoms with Gasteiger partial charge in [0.05, 0.1) is 13.2 Å². The van der Waals surface area contributed by atoms with Crippen LogP contribution in [-0.2, 0) is 17.7 Å². The minimum Gasteiger partial charge on any atom is -0.450 e. The van der Waals surface area contributed by atoms with Crippen LogP contribution in [0.5, 0.6) is 0 Å². The average Bonchev–Trinajstić information content (AvgIpc) is 3.14. The number of likely N-dealkylation sites (tertiary alicyclic amines) is 1. The van der Waals surface area contributed by atoms with E-state index in [0.717, 1.165) is 43.2 Å². The number of hydrogen-bond donors (Lipinski definition) is 2. The van der Waals surface area contributed by atoms with Crippen molar-refractivity contribution in [3.63, 3.8) is 0 Å². The van der Waals surface area contributed by atoms with Crippen molar-refractivity contribution < 1.29 is 9.53 Å². The third-order valence-electron chi connectivity index (χ3n) is 4.53. The average molecular weight is 519 g/mol. The van der Waals surface area contributed by atoms with Gasteiger partial charge in [0.1, 0.15) is 12.2 Å². The molecular formula is C19H34IN7O2. The fraction of sp³-hybridized carbons (Fsp3) is 0.684. The van der Waals surface area contributed by atoms with Crippen molar-refractivity contribution in [2.75, 3.05) is 32.8 Å². The predicted molar refractivity (Wildman–Crippen MR) is 125 cm³/mol. The SMILES string of the molecule is C=C(C)CN=C(NCCn1cnnc1CC)NC1CCN(C(=O)OCC)CC1.I. The van der Waals surface area contributed by atoms with Gasteiger partial charge in [0.15, 0.2) is 5.96 Å². The molecule has 0 atom stereocenters. The molecule has 2 rings (SSSR count). The highest BCUT2D eigenvalue weighted by Crippen LogP contribution is 2.11. The van der Waals surface area contributed by atoms with Gasteiger partial charge < -0.3 is 24.8 Å². The van der Waals surface area contributed by atoms with Gasteiger partial charge in [0, 0.05) is 38.6 Å². The Morgan fingerprint density at radius 2 is 2.10 bits per heavy atom. The van der Waals surface area contributed by atoms with E-state index in [2.05, 4.69) is 39.3 Å². The van der Waals surface area contributed by atoms with E-state index >= 15 is 0 Å². The van der Waals surface area contributed by atoms with Crippen LogP contribution in [0.25, 0.3) is 0 Å². The number of piperidine rings is 1. The Bertz CT molecular complexity index is 669. The van der Waals surface area contributed by atoms with E-state index in [9.17, 15) is 4.79 Å². The lowest BCUT2D eigenvalue weighted by Gasteiger charge is -2.32. The summed E-state index contributed by atoms with van der Waals surface area (Å²) in [5.41, 5.74) is 1.00. The number of guanidine groups is 1. The molecule has 0 radical (unpaired) electrons. The largest absolute Gasteiger partial charge is 0.450 e. The highest BCUT2D eigenvalue weighted by atomic mass is 127. The Labute approximate surface area is 190 Å². The highest BCUT2D eigenvalue weighted by molar-refractivity contribution is 14.0. The molecular weight excluding hydrogens is 485 g/mol. The molecule has 29 heavy (non-hydrogen) atoms. The predicted octanol–water partition coefficient (Wildman–Crippen LogP) is 2.19. The number of nitrogens with one attached hydrogen (secondary N) is 2. The summed E-state index contributed by atoms with van der Waals surface area (Å²) in [6.07, 6.45) is 4.10. The monoisotopic (exact) mass is 519 g/mol. The van der Waals surface area contributed by atoms with Gasteiger partial charge in [-0.15, -0.1) is 34.2 Å². The van der Waals surface area contributed by atoms with E-state index in [0.29, 0.717) is 32.8 Å². The lowest BCUT2D eigenvalue weighted by Crippen LogP contribution is -2.50. The highest BCUT2D eigenvalue weighted by Gasteiger charge is 2.24. The molecule has 2 heterocycles. The maximum atomic E-state index is 11.8. The molecule has 9 nitrogen and oxygen atoms in total. The summed E-state index contributed by atoms with van der Waals surface area (Å²) in [5.74, 6) is 1.74. The maximum absolute atomic E-state index is 11.8. The molecule has 1 aromatic rings. The zero-order valence-corrected chi connectivity index (χ0v) is 20.0. The molecule has 164 valence electrons. The third-order valence-corrected chi connectivity index (χ3v) is 4.53. The fourth-order valence-corrected chi connectivity index (χ4v) is 3.02. The number of aliphatic imine (C=N–C) groups is 1. The number of rotatable bonds is 8. The van der Waals surface area contributed by atoms with Crippen molar-refractivity contribution in [1.82, 2.24) is 30.3 Å². The Morgan fingerprint density at radius 1 is 1.38 bits per heavy atom. The summed E-state index contributed by atoms with van der Waals surface area (Å²) in [5, 5.41) is 14.9. The summed E-state index contributed by atoms with van der Waals surface area (Å²) in [7, 11) is 0. The van der Waals surface area contributed by atoms with Crippen LogP contribution in [0.3, 0.4) is 0 Å². The lowest BCUT2D eigenvalue weighted by molar-refractivity contribution is 0.0963. The minimum atomic E-state index is -0.226. The Hall–Kier alpha value is -1.85. The van der Waals surface area contributed by atoms with Crippen LogP contribution in [0, 0.1) is 0 Å². The third kappa shape index (κ3) is 8.58. The summed E-state index contributed by atoms with van der Waals surface area (Å²) < 4.78 is 7.12. The van der Waals surface area contributed by atoms with Crippen LogP contribution in [0.15, 0.2) is 23.5 Å². The van der Waals surface area contributed by atoms with Gasteiger partial charge in [-0.3, -0.25) is 0 Å². The van der Waals surface area contributed by atoms with Crippen molar-refractivity contribution in [3.05, 3.63) is 24.3 Å². The molecule has 1 fully saturated rings. The van der Waals surface area contributed by atoms with Crippen LogP contribution < -0.4 is 10.6 Å². The molecule has 0 bridgehead atoms. The Kier molecular flexibility index (Phi) is 11.6. The van der Waals surface area contributed by atoms with Crippen LogP contribution in [-0.4, -0.2) is 70.5 Å². The Morgan fingerprint density at radius 3 is 2.72 bits per heavy atom. The fourth-order valence-electron chi connectivity index (χ4n) is 3.02. The van der Waals surface area contributed by atoms with Crippen molar-refractivity contribution >= 4 is 36.0 Å². The van der Waals surface area contributed by atoms with E-state index in [-0.39, 0.29) is 36.1 Å². The number of hydrogen-bond acceptors (Lipinski definition) is 5. The molecule has 0 aromatic carbocycles. The topological polar surface area (TPSA) is 96.7 Å². The second-order valence-corrected chi connectivity index (χ2v) is 6.95. The van der Waals surface area contributed by atoms with E-state index in [1.165, 1.54) is 0 Å². The van der Waals surface area contributed by atoms with Gasteiger partial charge in [0.2, 0.25) is 0 Å². The maximum Gasteiger partial charge on any atom is 0.409 e. The van der Waals surface area contributed by atoms with Crippen molar-refractivity contribution in [1.29, 1.82) is 0 Å². The second-order valence-electron chi connectivity index (χ2n) is 6.95. The number of aromatic nitrogens is 3. The minimum absolute atomic E-state index is 0. The van der Waals surface area contributed by atoms with E-state index in [4.69, 9.17) is 4.74 Å². The molecule has 1 aliphatic rings. The first-order chi connectivity index (χ1) is 13.5. The first-order valence-electron chi connectivity index (χ1n) is 10.0. The van der Waals surface area contributed by atoms with Crippen LogP contribution in [0.1, 0.15) is 39.4 Å². The number of halogens is 1. The van der Waals surface area contributed by atoms with Gasteiger partial charge in [0.25, 0.3) is 0 Å². The van der Waals surface area contributed by atoms with E-state index in [1.54, 1.807) is 11.2 Å². The summed E-state index contributed by atoms with van der Waals surface area (Å²) in [6, 6.07) is 0.267. The standard InChI is InChI=1S/C19H33N7O2.HI/c1-5-17-24-22-14-26(17)12-9-20-18(21-13-15(3)4)23-16-7-10-25(11-8-16)19(27)28-6-2;/h14,16H,3,5-13H2,1-2,4H3,(H2,20,21,23);1H. The summed E-state index contributed by atoms with van der Waals surface area (Å²) >= 11 is 0. The van der Waals surface area contributed by atoms with Crippen molar-refractivity contribution in [2.24, 2.45) is 4.99 Å². The first kappa shape index (κ1) is 25.2. The van der Waals surface area contributed by atoms with E-state index in [1.807, 2.05) is 18.4 Å². The molecule has 0 saturated carbocycles. The molecule has 10 heteroatoms. The molecule has 0 aliphatic carbocycles. The lowest BCUT2D eigenvalue weighted by atomic mass is 10.1. The number of nitrogens with zero attached hydrogens (tertiary/aromatic N) is 5. The van der Waals surface area contributed by atoms with Crippen LogP contribution in [0.4, 0.5) is 4.79 Å². The van der Waals surface area contributed by atoms with Crippen LogP contribution in [0.2, 0.25) is 0 Å². The zero-order valence-electron chi connectivity index (χ0n) is 17.7. The van der Waals surface area contributed by atoms with Gasteiger partial charge in [-0.2, -0.15) is 0 Å². The number of carbonyl (C=O) groups is 1. The Balaban J connectivity index is 0.00000420. The molecule has 1 amide bonds. The summed E-state index contributed by atoms with van der Waals surface area (Å²) in [4.78, 5) is 18.2. The molecule has 0 unspecified atom stereocenters. The molecule has 1 saturated heterocycles. The number of carbonyl (C=O) groups excluding carboxylic acids is 1. The molecule has 2 N–H and O–H groups in total. The molecule has 0 spiro atoms. The van der Waals surface area contributed by atoms with Gasteiger partial charge in [-0.25, -0.2) is 9.79 Å². The number of aryl methyl sites for hydroxylation is 1. The number of ether oxygens (including phenoxy) is 1. The smallest absolute Gasteiger partial charge is 0.409 e. The second kappa shape index (κ2) is 13.4. The van der Waals surface area contributed by atoms with Gasteiger partial charge in [-0.05, 0) is 26.7 Å². The summed E-state index contributed by atoms with van der Waals surface area (Å²) in [6.45, 7) is 13.6. The first-order valence-corrected chi connectivity index (χ1v) is 10.0. The number of amides is 1. The van der Waals surface area contributed by atoms with E-state index < -0.39 is 0 Å². The quantitative estimate of drug-likeness (QED) is 0.237. The van der Waals surface area contributed by atoms with Gasteiger partial charge >= 0.3 is 6.09 Å². The normalized spacial score (nSPS) is 14.9. The van der Waals surface area contributed by atoms with Crippen LogP contribution >= 0.6 is 24.0 Å². The molecule has 1 aromatic heterocycles. The van der Waals surface area contributed by atoms with Crippen molar-refractivity contribution in [3.8, 4) is 0 Å². The molecule has 1 aliphatic heterocycles. The zero-order chi connectivity index (χ0) is 20.4. The van der Waals surface area contributed by atoms with Crippen molar-refractivity contribution in [2.45, 2.75) is 52.6 Å². The van der Waals surface area contributed by atoms with Gasteiger partial charge in [-0.1, -0.05) is 19.1 Å².